The lowest BCUT2D eigenvalue weighted by atomic mass is 10.2. The maximum absolute atomic E-state index is 8.99. The van der Waals surface area contributed by atoms with Crippen molar-refractivity contribution in [2.75, 3.05) is 47.7 Å². The van der Waals surface area contributed by atoms with Crippen LogP contribution in [0.1, 0.15) is 5.56 Å². The van der Waals surface area contributed by atoms with Crippen molar-refractivity contribution >= 4 is 51.2 Å². The lowest BCUT2D eigenvalue weighted by molar-refractivity contribution is 1.19. The van der Waals surface area contributed by atoms with Gasteiger partial charge in [-0.15, -0.1) is 0 Å². The first-order valence-electron chi connectivity index (χ1n) is 9.75. The van der Waals surface area contributed by atoms with E-state index in [2.05, 4.69) is 42.6 Å². The highest BCUT2D eigenvalue weighted by Crippen LogP contribution is 2.37. The third kappa shape index (κ3) is 4.00. The van der Waals surface area contributed by atoms with Crippen molar-refractivity contribution in [1.29, 1.82) is 5.26 Å². The molecule has 0 aliphatic rings. The van der Waals surface area contributed by atoms with E-state index in [1.54, 1.807) is 12.1 Å². The summed E-state index contributed by atoms with van der Waals surface area (Å²) in [7, 11) is 5.64. The molecule has 2 heterocycles. The van der Waals surface area contributed by atoms with Gasteiger partial charge >= 0.3 is 0 Å². The molecule has 4 rings (SSSR count). The van der Waals surface area contributed by atoms with E-state index < -0.39 is 0 Å². The third-order valence-corrected chi connectivity index (χ3v) is 4.89. The normalized spacial score (nSPS) is 10.4. The number of aromatic amines is 1. The number of nitrogens with one attached hydrogen (secondary N) is 6. The van der Waals surface area contributed by atoms with Crippen LogP contribution < -0.4 is 26.6 Å². The van der Waals surface area contributed by atoms with Crippen LogP contribution in [0.3, 0.4) is 0 Å². The van der Waals surface area contributed by atoms with Gasteiger partial charge in [0, 0.05) is 38.7 Å². The summed E-state index contributed by atoms with van der Waals surface area (Å²) in [5.41, 5.74) is 5.78. The molecular weight excluding hydrogens is 390 g/mol. The second-order valence-electron chi connectivity index (χ2n) is 6.77. The zero-order chi connectivity index (χ0) is 21.8. The van der Waals surface area contributed by atoms with Crippen LogP contribution >= 0.6 is 0 Å². The first kappa shape index (κ1) is 19.8. The number of fused-ring (bicyclic) bond motifs is 1. The minimum absolute atomic E-state index is 0.436. The van der Waals surface area contributed by atoms with Gasteiger partial charge in [0.2, 0.25) is 5.95 Å². The fourth-order valence-electron chi connectivity index (χ4n) is 3.28. The highest BCUT2D eigenvalue weighted by atomic mass is 15.2. The molecule has 156 valence electrons. The second kappa shape index (κ2) is 8.51. The van der Waals surface area contributed by atoms with Crippen LogP contribution in [0, 0.1) is 11.3 Å². The Morgan fingerprint density at radius 1 is 0.839 bits per heavy atom. The predicted molar refractivity (Wildman–Crippen MR) is 127 cm³/mol. The minimum Gasteiger partial charge on any atom is -0.388 e. The third-order valence-electron chi connectivity index (χ3n) is 4.89. The molecular formula is C22H23N9. The molecule has 0 atom stereocenters. The summed E-state index contributed by atoms with van der Waals surface area (Å²) >= 11 is 0. The van der Waals surface area contributed by atoms with Crippen molar-refractivity contribution in [3.8, 4) is 6.07 Å². The van der Waals surface area contributed by atoms with E-state index in [-0.39, 0.29) is 0 Å². The second-order valence-corrected chi connectivity index (χ2v) is 6.77. The van der Waals surface area contributed by atoms with Crippen molar-refractivity contribution < 1.29 is 0 Å². The molecule has 31 heavy (non-hydrogen) atoms. The van der Waals surface area contributed by atoms with Crippen LogP contribution in [-0.4, -0.2) is 36.1 Å². The van der Waals surface area contributed by atoms with Crippen LogP contribution in [0.5, 0.6) is 0 Å². The summed E-state index contributed by atoms with van der Waals surface area (Å²) in [4.78, 5) is 12.4. The zero-order valence-corrected chi connectivity index (χ0v) is 17.5. The molecule has 9 heteroatoms. The molecule has 0 spiro atoms. The monoisotopic (exact) mass is 413 g/mol. The Labute approximate surface area is 179 Å². The summed E-state index contributed by atoms with van der Waals surface area (Å²) in [5, 5.41) is 26.2. The van der Waals surface area contributed by atoms with Gasteiger partial charge in [0.05, 0.1) is 34.1 Å². The molecule has 2 aromatic heterocycles. The number of nitrogens with zero attached hydrogens (tertiary/aromatic N) is 3. The van der Waals surface area contributed by atoms with E-state index in [1.165, 1.54) is 0 Å². The molecule has 0 fully saturated rings. The molecule has 0 aliphatic carbocycles. The Kier molecular flexibility index (Phi) is 5.45. The maximum Gasteiger partial charge on any atom is 0.231 e. The van der Waals surface area contributed by atoms with Crippen LogP contribution in [0.15, 0.2) is 48.7 Å². The summed E-state index contributed by atoms with van der Waals surface area (Å²) < 4.78 is 0. The van der Waals surface area contributed by atoms with Crippen LogP contribution in [0.25, 0.3) is 11.0 Å². The highest BCUT2D eigenvalue weighted by Gasteiger charge is 2.14. The molecule has 0 aliphatic heterocycles. The number of benzene rings is 2. The molecule has 6 N–H and O–H groups in total. The van der Waals surface area contributed by atoms with Crippen LogP contribution in [0.4, 0.5) is 40.2 Å². The first-order chi connectivity index (χ1) is 15.1. The number of rotatable bonds is 7. The number of aromatic nitrogens is 3. The molecule has 9 nitrogen and oxygen atoms in total. The van der Waals surface area contributed by atoms with E-state index in [0.717, 1.165) is 33.8 Å². The lowest BCUT2D eigenvalue weighted by Crippen LogP contribution is -2.06. The number of hydrogen-bond acceptors (Lipinski definition) is 8. The highest BCUT2D eigenvalue weighted by molar-refractivity contribution is 5.96. The lowest BCUT2D eigenvalue weighted by Gasteiger charge is -2.18. The van der Waals surface area contributed by atoms with Gasteiger partial charge < -0.3 is 31.6 Å². The molecule has 2 aromatic carbocycles. The quantitative estimate of drug-likeness (QED) is 0.263. The molecule has 0 saturated heterocycles. The molecule has 0 bridgehead atoms. The van der Waals surface area contributed by atoms with E-state index in [0.29, 0.717) is 23.0 Å². The van der Waals surface area contributed by atoms with Crippen LogP contribution in [0.2, 0.25) is 0 Å². The van der Waals surface area contributed by atoms with Gasteiger partial charge in [0.15, 0.2) is 0 Å². The van der Waals surface area contributed by atoms with Crippen molar-refractivity contribution in [3.05, 3.63) is 54.2 Å². The number of hydrogen-bond donors (Lipinski definition) is 6. The van der Waals surface area contributed by atoms with E-state index in [4.69, 9.17) is 10.2 Å². The van der Waals surface area contributed by atoms with Gasteiger partial charge in [-0.3, -0.25) is 0 Å². The van der Waals surface area contributed by atoms with Gasteiger partial charge in [0.25, 0.3) is 0 Å². The van der Waals surface area contributed by atoms with E-state index in [1.807, 2.05) is 57.7 Å². The van der Waals surface area contributed by atoms with Crippen LogP contribution in [-0.2, 0) is 0 Å². The Balaban J connectivity index is 1.74. The van der Waals surface area contributed by atoms with Crippen molar-refractivity contribution in [3.63, 3.8) is 0 Å². The maximum atomic E-state index is 8.99. The largest absolute Gasteiger partial charge is 0.388 e. The molecule has 0 saturated carbocycles. The Morgan fingerprint density at radius 2 is 1.55 bits per heavy atom. The van der Waals surface area contributed by atoms with E-state index >= 15 is 0 Å². The van der Waals surface area contributed by atoms with Crippen molar-refractivity contribution in [1.82, 2.24) is 15.0 Å². The summed E-state index contributed by atoms with van der Waals surface area (Å²) in [6.45, 7) is 0. The molecule has 0 amide bonds. The topological polar surface area (TPSA) is 126 Å². The Morgan fingerprint density at radius 3 is 2.16 bits per heavy atom. The average Bonchev–Trinajstić information content (AvgIpc) is 3.28. The zero-order valence-electron chi connectivity index (χ0n) is 17.5. The van der Waals surface area contributed by atoms with Gasteiger partial charge in [-0.25, -0.2) is 0 Å². The van der Waals surface area contributed by atoms with Gasteiger partial charge in [0.1, 0.15) is 11.5 Å². The Bertz CT molecular complexity index is 1230. The smallest absolute Gasteiger partial charge is 0.231 e. The van der Waals surface area contributed by atoms with Gasteiger partial charge in [-0.1, -0.05) is 0 Å². The fraction of sp³-hybridized carbons (Fsp3) is 0.136. The molecule has 0 radical (unpaired) electrons. The standard InChI is InChI=1S/C22H23N9/c1-24-15-10-17(25-2)19(18(11-15)26-3)29-21-16-8-9-27-20(16)30-22(31-21)28-14-6-4-13(12-23)5-7-14/h4-11,24-26H,1-3H3,(H3,27,28,29,30,31). The SMILES string of the molecule is CNc1cc(NC)c(Nc2nc(Nc3ccc(C#N)cc3)nc3[nH]ccc23)c(NC)c1. The van der Waals surface area contributed by atoms with E-state index in [9.17, 15) is 0 Å². The van der Waals surface area contributed by atoms with Gasteiger partial charge in [-0.2, -0.15) is 15.2 Å². The Hall–Kier alpha value is -4.45. The summed E-state index contributed by atoms with van der Waals surface area (Å²) in [6.07, 6.45) is 1.83. The molecule has 0 unspecified atom stereocenters. The predicted octanol–water partition coefficient (Wildman–Crippen LogP) is 4.44. The fourth-order valence-corrected chi connectivity index (χ4v) is 3.28. The summed E-state index contributed by atoms with van der Waals surface area (Å²) in [5.74, 6) is 1.10. The molecule has 4 aromatic rings. The first-order valence-corrected chi connectivity index (χ1v) is 9.75. The summed E-state index contributed by atoms with van der Waals surface area (Å²) in [6, 6.07) is 15.2. The number of H-pyrrole nitrogens is 1. The van der Waals surface area contributed by atoms with Gasteiger partial charge in [-0.05, 0) is 42.5 Å². The number of anilines is 7. The minimum atomic E-state index is 0.436. The number of nitriles is 1. The van der Waals surface area contributed by atoms with Crippen molar-refractivity contribution in [2.45, 2.75) is 0 Å². The average molecular weight is 413 g/mol. The van der Waals surface area contributed by atoms with Crippen molar-refractivity contribution in [2.24, 2.45) is 0 Å².